The van der Waals surface area contributed by atoms with Crippen LogP contribution in [0.5, 0.6) is 0 Å². The predicted molar refractivity (Wildman–Crippen MR) is 174 cm³/mol. The maximum absolute atomic E-state index is 13.5. The van der Waals surface area contributed by atoms with E-state index in [1.165, 1.54) is 12.0 Å². The van der Waals surface area contributed by atoms with E-state index in [9.17, 15) is 13.2 Å². The summed E-state index contributed by atoms with van der Waals surface area (Å²) in [5.41, 5.74) is 2.02. The molecule has 0 heterocycles. The topological polar surface area (TPSA) is 69.7 Å². The van der Waals surface area contributed by atoms with E-state index >= 15 is 0 Å². The molecular weight excluding hydrogens is 568 g/mol. The van der Waals surface area contributed by atoms with Gasteiger partial charge in [-0.05, 0) is 141 Å². The number of ether oxygens (including phenoxy) is 1. The van der Waals surface area contributed by atoms with Crippen LogP contribution in [-0.4, -0.2) is 27.6 Å². The van der Waals surface area contributed by atoms with Gasteiger partial charge < -0.3 is 4.74 Å². The second-order valence-electron chi connectivity index (χ2n) is 17.0. The van der Waals surface area contributed by atoms with Crippen molar-refractivity contribution >= 4 is 16.1 Å². The Bertz CT molecular complexity index is 1430. The molecule has 1 unspecified atom stereocenters. The van der Waals surface area contributed by atoms with Gasteiger partial charge >= 0.3 is 5.97 Å². The fraction of sp³-hybridized carbons (Fsp3) is 0.763. The van der Waals surface area contributed by atoms with Crippen molar-refractivity contribution in [1.29, 1.82) is 0 Å². The Labute approximate surface area is 267 Å². The molecule has 1 aromatic rings. The van der Waals surface area contributed by atoms with Crippen LogP contribution in [0, 0.1) is 63.6 Å². The summed E-state index contributed by atoms with van der Waals surface area (Å²) < 4.78 is 38.5. The third-order valence-corrected chi connectivity index (χ3v) is 16.5. The number of hydrogen-bond donors (Lipinski definition) is 0. The lowest BCUT2D eigenvalue weighted by Crippen LogP contribution is -2.67. The summed E-state index contributed by atoms with van der Waals surface area (Å²) >= 11 is 0. The van der Waals surface area contributed by atoms with Crippen LogP contribution >= 0.6 is 0 Å². The summed E-state index contributed by atoms with van der Waals surface area (Å²) in [6, 6.07) is 7.00. The highest BCUT2D eigenvalue weighted by Gasteiger charge is 2.72. The Kier molecular flexibility index (Phi) is 7.65. The number of hydrogen-bond acceptors (Lipinski definition) is 5. The van der Waals surface area contributed by atoms with Crippen molar-refractivity contribution in [2.45, 2.75) is 124 Å². The molecule has 44 heavy (non-hydrogen) atoms. The van der Waals surface area contributed by atoms with E-state index in [1.54, 1.807) is 19.2 Å². The van der Waals surface area contributed by atoms with Gasteiger partial charge in [0.05, 0.1) is 23.5 Å². The van der Waals surface area contributed by atoms with Crippen LogP contribution in [0.1, 0.15) is 111 Å². The summed E-state index contributed by atoms with van der Waals surface area (Å²) in [7, 11) is -2.27. The molecule has 5 aliphatic rings. The van der Waals surface area contributed by atoms with Gasteiger partial charge in [0.1, 0.15) is 0 Å². The van der Waals surface area contributed by atoms with E-state index in [2.05, 4.69) is 48.1 Å². The van der Waals surface area contributed by atoms with E-state index in [1.807, 2.05) is 19.1 Å². The minimum Gasteiger partial charge on any atom is -0.469 e. The zero-order chi connectivity index (χ0) is 32.1. The Balaban J connectivity index is 1.30. The molecule has 6 rings (SSSR count). The van der Waals surface area contributed by atoms with E-state index in [-0.39, 0.29) is 44.0 Å². The Morgan fingerprint density at radius 2 is 1.52 bits per heavy atom. The SMILES string of the molecule is C=C(C)[C@@H]1CC[C@]2(C(=O)OC)CC[C@]3(C)C(CC[C@@H]4[C@]5(C)CC[C@H](OS(=O)(=O)c6ccc(C)cc6)C(C)(C)[C@H]5CC[C@]43C)[C@@H]12. The smallest absolute Gasteiger partial charge is 0.312 e. The zero-order valence-corrected chi connectivity index (χ0v) is 29.3. The van der Waals surface area contributed by atoms with Crippen LogP contribution in [0.15, 0.2) is 41.3 Å². The molecule has 0 amide bonds. The van der Waals surface area contributed by atoms with Gasteiger partial charge in [-0.3, -0.25) is 8.98 Å². The van der Waals surface area contributed by atoms with Gasteiger partial charge in [-0.2, -0.15) is 8.42 Å². The number of allylic oxidation sites excluding steroid dienone is 1. The van der Waals surface area contributed by atoms with Crippen molar-refractivity contribution in [3.63, 3.8) is 0 Å². The lowest BCUT2D eigenvalue weighted by molar-refractivity contribution is -0.246. The van der Waals surface area contributed by atoms with E-state index in [0.717, 1.165) is 63.4 Å². The molecule has 1 aromatic carbocycles. The quantitative estimate of drug-likeness (QED) is 0.186. The number of carbonyl (C=O) groups is 1. The number of esters is 1. The average Bonchev–Trinajstić information content (AvgIpc) is 3.36. The van der Waals surface area contributed by atoms with Gasteiger partial charge in [-0.1, -0.05) is 64.5 Å². The highest BCUT2D eigenvalue weighted by molar-refractivity contribution is 7.86. The van der Waals surface area contributed by atoms with Crippen molar-refractivity contribution in [3.05, 3.63) is 42.0 Å². The zero-order valence-electron chi connectivity index (χ0n) is 28.5. The van der Waals surface area contributed by atoms with Crippen LogP contribution < -0.4 is 0 Å². The summed E-state index contributed by atoms with van der Waals surface area (Å²) in [6.45, 7) is 20.8. The van der Waals surface area contributed by atoms with E-state index in [0.29, 0.717) is 29.6 Å². The molecule has 5 aliphatic carbocycles. The number of carbonyl (C=O) groups excluding carboxylic acids is 1. The molecular formula is C38H56O5S. The van der Waals surface area contributed by atoms with E-state index < -0.39 is 10.1 Å². The Morgan fingerprint density at radius 1 is 0.841 bits per heavy atom. The molecule has 10 atom stereocenters. The first kappa shape index (κ1) is 32.3. The van der Waals surface area contributed by atoms with Crippen molar-refractivity contribution in [2.24, 2.45) is 56.7 Å². The first-order valence-electron chi connectivity index (χ1n) is 17.2. The van der Waals surface area contributed by atoms with Crippen LogP contribution in [0.3, 0.4) is 0 Å². The number of fused-ring (bicyclic) bond motifs is 7. The highest BCUT2D eigenvalue weighted by Crippen LogP contribution is 2.77. The summed E-state index contributed by atoms with van der Waals surface area (Å²) in [6.07, 6.45) is 9.90. The van der Waals surface area contributed by atoms with Crippen LogP contribution in [0.4, 0.5) is 0 Å². The number of aryl methyl sites for hydroxylation is 1. The largest absolute Gasteiger partial charge is 0.469 e. The molecule has 0 N–H and O–H groups in total. The third kappa shape index (κ3) is 4.31. The lowest BCUT2D eigenvalue weighted by atomic mass is 9.32. The van der Waals surface area contributed by atoms with Gasteiger partial charge in [0.2, 0.25) is 0 Å². The highest BCUT2D eigenvalue weighted by atomic mass is 32.2. The van der Waals surface area contributed by atoms with Crippen molar-refractivity contribution < 1.29 is 22.1 Å². The standard InChI is InChI=1S/C38H56O5S/c1-24(2)27-16-21-38(33(39)42-9)23-22-36(7)28(32(27)38)14-15-30-35(6)19-18-31(34(4,5)29(35)17-20-37(30,36)8)43-44(40,41)26-12-10-25(3)11-13-26/h10-13,27-32H,1,14-23H2,2-9H3/t27-,28?,29+,30+,31-,32+,35+,36+,37+,38-/m0/s1. The van der Waals surface area contributed by atoms with Gasteiger partial charge in [0, 0.05) is 0 Å². The van der Waals surface area contributed by atoms with E-state index in [4.69, 9.17) is 8.92 Å². The molecule has 0 radical (unpaired) electrons. The second kappa shape index (κ2) is 10.4. The van der Waals surface area contributed by atoms with Gasteiger partial charge in [0.25, 0.3) is 10.1 Å². The Hall–Kier alpha value is -1.66. The predicted octanol–water partition coefficient (Wildman–Crippen LogP) is 8.90. The first-order chi connectivity index (χ1) is 20.5. The molecule has 0 aromatic heterocycles. The normalized spacial score (nSPS) is 44.5. The fourth-order valence-corrected chi connectivity index (χ4v) is 14.0. The summed E-state index contributed by atoms with van der Waals surface area (Å²) in [5.74, 6) is 2.12. The molecule has 244 valence electrons. The van der Waals surface area contributed by atoms with Gasteiger partial charge in [0.15, 0.2) is 0 Å². The molecule has 5 nitrogen and oxygen atoms in total. The number of rotatable bonds is 5. The van der Waals surface area contributed by atoms with Crippen molar-refractivity contribution in [2.75, 3.05) is 7.11 Å². The monoisotopic (exact) mass is 624 g/mol. The molecule has 5 fully saturated rings. The third-order valence-electron chi connectivity index (χ3n) is 15.2. The molecule has 5 saturated carbocycles. The number of methoxy groups -OCH3 is 1. The second-order valence-corrected chi connectivity index (χ2v) is 18.6. The average molecular weight is 625 g/mol. The first-order valence-corrected chi connectivity index (χ1v) is 18.6. The van der Waals surface area contributed by atoms with Crippen molar-refractivity contribution in [3.8, 4) is 0 Å². The number of benzene rings is 1. The fourth-order valence-electron chi connectivity index (χ4n) is 12.8. The maximum atomic E-state index is 13.5. The molecule has 0 bridgehead atoms. The lowest BCUT2D eigenvalue weighted by Gasteiger charge is -2.72. The van der Waals surface area contributed by atoms with Gasteiger partial charge in [-0.15, -0.1) is 0 Å². The molecule has 0 spiro atoms. The van der Waals surface area contributed by atoms with Crippen LogP contribution in [0.25, 0.3) is 0 Å². The maximum Gasteiger partial charge on any atom is 0.312 e. The van der Waals surface area contributed by atoms with Crippen LogP contribution in [0.2, 0.25) is 0 Å². The summed E-state index contributed by atoms with van der Waals surface area (Å²) in [4.78, 5) is 13.8. The molecule has 0 saturated heterocycles. The molecule has 6 heteroatoms. The Morgan fingerprint density at radius 3 is 2.16 bits per heavy atom. The molecule has 0 aliphatic heterocycles. The van der Waals surface area contributed by atoms with Gasteiger partial charge in [-0.25, -0.2) is 0 Å². The van der Waals surface area contributed by atoms with Crippen LogP contribution in [-0.2, 0) is 23.8 Å². The minimum atomic E-state index is -3.85. The minimum absolute atomic E-state index is 0.0110. The van der Waals surface area contributed by atoms with Crippen molar-refractivity contribution in [1.82, 2.24) is 0 Å². The summed E-state index contributed by atoms with van der Waals surface area (Å²) in [5, 5.41) is 0.